The van der Waals surface area contributed by atoms with E-state index >= 15 is 0 Å². The monoisotopic (exact) mass is 470 g/mol. The van der Waals surface area contributed by atoms with Crippen molar-refractivity contribution in [2.75, 3.05) is 52.4 Å². The van der Waals surface area contributed by atoms with Crippen LogP contribution in [0.25, 0.3) is 0 Å². The number of amides is 2. The Morgan fingerprint density at radius 1 is 1.06 bits per heavy atom. The van der Waals surface area contributed by atoms with Gasteiger partial charge in [-0.3, -0.25) is 14.3 Å². The maximum Gasteiger partial charge on any atom is 0.272 e. The average Bonchev–Trinajstić information content (AvgIpc) is 3.20. The van der Waals surface area contributed by atoms with Gasteiger partial charge in [-0.1, -0.05) is 19.1 Å². The fourth-order valence-electron chi connectivity index (χ4n) is 4.70. The van der Waals surface area contributed by atoms with Crippen LogP contribution in [0.15, 0.2) is 30.3 Å². The summed E-state index contributed by atoms with van der Waals surface area (Å²) in [7, 11) is 0. The van der Waals surface area contributed by atoms with Gasteiger partial charge in [-0.05, 0) is 50.0 Å². The van der Waals surface area contributed by atoms with Crippen molar-refractivity contribution in [1.82, 2.24) is 29.8 Å². The minimum Gasteiger partial charge on any atom is -0.351 e. The second-order valence-electron chi connectivity index (χ2n) is 9.14. The first kappa shape index (κ1) is 24.3. The number of hydrogen-bond acceptors (Lipinski definition) is 5. The number of piperazine rings is 1. The minimum absolute atomic E-state index is 0.185. The molecule has 184 valence electrons. The van der Waals surface area contributed by atoms with Gasteiger partial charge in [-0.2, -0.15) is 5.10 Å². The summed E-state index contributed by atoms with van der Waals surface area (Å²) in [5.41, 5.74) is 1.42. The van der Waals surface area contributed by atoms with E-state index in [1.165, 1.54) is 25.1 Å². The van der Waals surface area contributed by atoms with Gasteiger partial charge in [0, 0.05) is 58.4 Å². The number of aromatic nitrogens is 2. The first-order valence-corrected chi connectivity index (χ1v) is 12.4. The smallest absolute Gasteiger partial charge is 0.272 e. The fraction of sp³-hybridized carbons (Fsp3) is 0.560. The highest BCUT2D eigenvalue weighted by Crippen LogP contribution is 2.17. The van der Waals surface area contributed by atoms with Crippen molar-refractivity contribution in [2.45, 2.75) is 39.3 Å². The van der Waals surface area contributed by atoms with Crippen LogP contribution in [0.4, 0.5) is 4.39 Å². The summed E-state index contributed by atoms with van der Waals surface area (Å²) in [6.07, 6.45) is 2.80. The molecule has 8 nitrogen and oxygen atoms in total. The molecule has 2 aromatic rings. The van der Waals surface area contributed by atoms with Gasteiger partial charge in [0.05, 0.1) is 0 Å². The molecule has 0 bridgehead atoms. The molecular formula is C25H35FN6O2. The third-order valence-corrected chi connectivity index (χ3v) is 6.52. The highest BCUT2D eigenvalue weighted by molar-refractivity contribution is 5.98. The SMILES string of the molecule is CCCN1CCN(CCCNC(=O)c2cc3n(n2)CCCN(Cc2cccc(F)c2)C3=O)CC1. The Morgan fingerprint density at radius 2 is 1.82 bits per heavy atom. The standard InChI is InChI=1S/C25H35FN6O2/c1-2-9-29-13-15-30(16-14-29)10-4-8-27-24(33)22-18-23-25(34)31(11-5-12-32(23)28-22)19-20-6-3-7-21(26)17-20/h3,6-7,17-18H,2,4-5,8-16,19H2,1H3,(H,27,33). The van der Waals surface area contributed by atoms with Crippen molar-refractivity contribution in [3.8, 4) is 0 Å². The molecule has 1 N–H and O–H groups in total. The van der Waals surface area contributed by atoms with Crippen molar-refractivity contribution in [2.24, 2.45) is 0 Å². The summed E-state index contributed by atoms with van der Waals surface area (Å²) < 4.78 is 15.2. The lowest BCUT2D eigenvalue weighted by Gasteiger charge is -2.34. The van der Waals surface area contributed by atoms with Crippen LogP contribution in [-0.2, 0) is 13.1 Å². The summed E-state index contributed by atoms with van der Waals surface area (Å²) in [6.45, 7) is 10.8. The molecular weight excluding hydrogens is 435 g/mol. The second kappa shape index (κ2) is 11.6. The van der Waals surface area contributed by atoms with E-state index in [1.807, 2.05) is 6.07 Å². The second-order valence-corrected chi connectivity index (χ2v) is 9.14. The van der Waals surface area contributed by atoms with Crippen molar-refractivity contribution in [3.05, 3.63) is 53.1 Å². The van der Waals surface area contributed by atoms with Crippen LogP contribution in [-0.4, -0.2) is 88.7 Å². The number of fused-ring (bicyclic) bond motifs is 1. The summed E-state index contributed by atoms with van der Waals surface area (Å²) >= 11 is 0. The van der Waals surface area contributed by atoms with Gasteiger partial charge in [0.25, 0.3) is 11.8 Å². The largest absolute Gasteiger partial charge is 0.351 e. The number of nitrogens with zero attached hydrogens (tertiary/aromatic N) is 5. The topological polar surface area (TPSA) is 73.7 Å². The Bertz CT molecular complexity index is 986. The Morgan fingerprint density at radius 3 is 2.56 bits per heavy atom. The summed E-state index contributed by atoms with van der Waals surface area (Å²) in [4.78, 5) is 32.4. The van der Waals surface area contributed by atoms with Crippen LogP contribution in [0.3, 0.4) is 0 Å². The number of carbonyl (C=O) groups excluding carboxylic acids is 2. The minimum atomic E-state index is -0.317. The maximum absolute atomic E-state index is 13.5. The first-order valence-electron chi connectivity index (χ1n) is 12.4. The molecule has 0 unspecified atom stereocenters. The van der Waals surface area contributed by atoms with E-state index in [4.69, 9.17) is 0 Å². The highest BCUT2D eigenvalue weighted by atomic mass is 19.1. The van der Waals surface area contributed by atoms with Gasteiger partial charge in [0.1, 0.15) is 11.5 Å². The lowest BCUT2D eigenvalue weighted by Crippen LogP contribution is -2.47. The number of nitrogens with one attached hydrogen (secondary N) is 1. The quantitative estimate of drug-likeness (QED) is 0.569. The number of hydrogen-bond donors (Lipinski definition) is 1. The first-order chi connectivity index (χ1) is 16.5. The number of rotatable bonds is 9. The number of aryl methyl sites for hydroxylation is 1. The van der Waals surface area contributed by atoms with E-state index in [2.05, 4.69) is 27.1 Å². The van der Waals surface area contributed by atoms with Gasteiger partial charge >= 0.3 is 0 Å². The predicted octanol–water partition coefficient (Wildman–Crippen LogP) is 2.22. The van der Waals surface area contributed by atoms with Crippen molar-refractivity contribution < 1.29 is 14.0 Å². The Labute approximate surface area is 200 Å². The molecule has 9 heteroatoms. The molecule has 4 rings (SSSR count). The van der Waals surface area contributed by atoms with E-state index in [0.717, 1.165) is 51.1 Å². The molecule has 0 saturated carbocycles. The zero-order chi connectivity index (χ0) is 23.9. The van der Waals surface area contributed by atoms with E-state index in [9.17, 15) is 14.0 Å². The van der Waals surface area contributed by atoms with Crippen LogP contribution < -0.4 is 5.32 Å². The fourth-order valence-corrected chi connectivity index (χ4v) is 4.70. The molecule has 34 heavy (non-hydrogen) atoms. The third kappa shape index (κ3) is 6.21. The predicted molar refractivity (Wildman–Crippen MR) is 128 cm³/mol. The molecule has 1 saturated heterocycles. The molecule has 0 radical (unpaired) electrons. The van der Waals surface area contributed by atoms with Gasteiger partial charge < -0.3 is 20.0 Å². The molecule has 0 aliphatic carbocycles. The number of benzene rings is 1. The summed E-state index contributed by atoms with van der Waals surface area (Å²) in [6, 6.07) is 7.86. The molecule has 3 heterocycles. The van der Waals surface area contributed by atoms with Crippen LogP contribution in [0.1, 0.15) is 52.7 Å². The van der Waals surface area contributed by atoms with Crippen molar-refractivity contribution in [3.63, 3.8) is 0 Å². The van der Waals surface area contributed by atoms with E-state index in [0.29, 0.717) is 31.9 Å². The van der Waals surface area contributed by atoms with Crippen LogP contribution >= 0.6 is 0 Å². The molecule has 1 fully saturated rings. The van der Waals surface area contributed by atoms with Crippen LogP contribution in [0.5, 0.6) is 0 Å². The van der Waals surface area contributed by atoms with Crippen molar-refractivity contribution >= 4 is 11.8 Å². The Balaban J connectivity index is 1.27. The molecule has 1 aromatic carbocycles. The number of carbonyl (C=O) groups is 2. The molecule has 0 spiro atoms. The van der Waals surface area contributed by atoms with E-state index < -0.39 is 0 Å². The van der Waals surface area contributed by atoms with Crippen LogP contribution in [0, 0.1) is 5.82 Å². The summed E-state index contributed by atoms with van der Waals surface area (Å²) in [5, 5.41) is 7.34. The van der Waals surface area contributed by atoms with Crippen molar-refractivity contribution in [1.29, 1.82) is 0 Å². The maximum atomic E-state index is 13.5. The Kier molecular flexibility index (Phi) is 8.29. The lowest BCUT2D eigenvalue weighted by atomic mass is 10.2. The molecule has 2 amide bonds. The average molecular weight is 471 g/mol. The third-order valence-electron chi connectivity index (χ3n) is 6.52. The van der Waals surface area contributed by atoms with Crippen LogP contribution in [0.2, 0.25) is 0 Å². The van der Waals surface area contributed by atoms with Gasteiger partial charge in [-0.25, -0.2) is 4.39 Å². The van der Waals surface area contributed by atoms with E-state index in [-0.39, 0.29) is 23.3 Å². The lowest BCUT2D eigenvalue weighted by molar-refractivity contribution is 0.0745. The van der Waals surface area contributed by atoms with Gasteiger partial charge in [0.2, 0.25) is 0 Å². The molecule has 1 aromatic heterocycles. The molecule has 2 aliphatic rings. The summed E-state index contributed by atoms with van der Waals surface area (Å²) in [5.74, 6) is -0.754. The highest BCUT2D eigenvalue weighted by Gasteiger charge is 2.26. The number of halogens is 1. The van der Waals surface area contributed by atoms with E-state index in [1.54, 1.807) is 21.7 Å². The normalized spacial score (nSPS) is 17.5. The molecule has 2 aliphatic heterocycles. The van der Waals surface area contributed by atoms with Gasteiger partial charge in [-0.15, -0.1) is 0 Å². The Hall–Kier alpha value is -2.78. The zero-order valence-corrected chi connectivity index (χ0v) is 20.0. The molecule has 0 atom stereocenters. The van der Waals surface area contributed by atoms with Gasteiger partial charge in [0.15, 0.2) is 5.69 Å². The zero-order valence-electron chi connectivity index (χ0n) is 20.0.